The van der Waals surface area contributed by atoms with Crippen molar-refractivity contribution in [1.82, 2.24) is 0 Å². The predicted octanol–water partition coefficient (Wildman–Crippen LogP) is 0.696. The molecular weight excluding hydrogens is 116 g/mol. The minimum atomic E-state index is -0.582. The van der Waals surface area contributed by atoms with Crippen LogP contribution in [0, 0.1) is 0 Å². The highest BCUT2D eigenvalue weighted by Gasteiger charge is 2.00. The molecule has 54 valence electrons. The van der Waals surface area contributed by atoms with Gasteiger partial charge in [-0.05, 0) is 20.3 Å². The summed E-state index contributed by atoms with van der Waals surface area (Å²) in [6.07, 6.45) is 1.92. The lowest BCUT2D eigenvalue weighted by Gasteiger charge is -2.05. The van der Waals surface area contributed by atoms with Gasteiger partial charge in [0.1, 0.15) is 0 Å². The van der Waals surface area contributed by atoms with E-state index in [0.717, 1.165) is 5.57 Å². The lowest BCUT2D eigenvalue weighted by atomic mass is 10.1. The predicted molar refractivity (Wildman–Crippen MR) is 37.1 cm³/mol. The summed E-state index contributed by atoms with van der Waals surface area (Å²) in [5.41, 5.74) is 1.11. The zero-order valence-electron chi connectivity index (χ0n) is 5.96. The van der Waals surface area contributed by atoms with Crippen LogP contribution in [0.3, 0.4) is 0 Å². The average molecular weight is 130 g/mol. The average Bonchev–Trinajstić information content (AvgIpc) is 1.87. The highest BCUT2D eigenvalue weighted by molar-refractivity contribution is 4.96. The van der Waals surface area contributed by atoms with Gasteiger partial charge in [0.15, 0.2) is 0 Å². The van der Waals surface area contributed by atoms with Crippen LogP contribution in [0.15, 0.2) is 11.6 Å². The van der Waals surface area contributed by atoms with Crippen molar-refractivity contribution in [3.63, 3.8) is 0 Å². The number of hydrogen-bond acceptors (Lipinski definition) is 2. The maximum Gasteiger partial charge on any atom is 0.0807 e. The van der Waals surface area contributed by atoms with Crippen molar-refractivity contribution in [3.05, 3.63) is 11.6 Å². The quantitative estimate of drug-likeness (QED) is 0.552. The molecule has 0 aliphatic carbocycles. The van der Waals surface area contributed by atoms with Crippen LogP contribution in [-0.4, -0.2) is 22.9 Å². The summed E-state index contributed by atoms with van der Waals surface area (Å²) >= 11 is 0. The normalized spacial score (nSPS) is 15.8. The van der Waals surface area contributed by atoms with Crippen LogP contribution in [0.2, 0.25) is 0 Å². The molecule has 0 amide bonds. The molecule has 1 unspecified atom stereocenters. The highest BCUT2D eigenvalue weighted by Crippen LogP contribution is 2.02. The molecule has 2 nitrogen and oxygen atoms in total. The molecular formula is C7H14O2. The van der Waals surface area contributed by atoms with E-state index in [-0.39, 0.29) is 6.61 Å². The lowest BCUT2D eigenvalue weighted by Crippen LogP contribution is -2.11. The fraction of sp³-hybridized carbons (Fsp3) is 0.714. The molecule has 0 aromatic heterocycles. The van der Waals surface area contributed by atoms with Crippen molar-refractivity contribution in [2.75, 3.05) is 6.61 Å². The van der Waals surface area contributed by atoms with Gasteiger partial charge in [-0.2, -0.15) is 0 Å². The van der Waals surface area contributed by atoms with Crippen LogP contribution in [0.25, 0.3) is 0 Å². The molecule has 2 N–H and O–H groups in total. The first-order chi connectivity index (χ1) is 4.20. The van der Waals surface area contributed by atoms with Gasteiger partial charge in [-0.1, -0.05) is 11.6 Å². The molecule has 0 aliphatic heterocycles. The summed E-state index contributed by atoms with van der Waals surface area (Å²) in [5.74, 6) is 0. The van der Waals surface area contributed by atoms with Crippen molar-refractivity contribution in [1.29, 1.82) is 0 Å². The van der Waals surface area contributed by atoms with Gasteiger partial charge in [-0.25, -0.2) is 0 Å². The van der Waals surface area contributed by atoms with Crippen LogP contribution >= 0.6 is 0 Å². The van der Waals surface area contributed by atoms with E-state index < -0.39 is 6.10 Å². The molecule has 0 aliphatic rings. The first-order valence-corrected chi connectivity index (χ1v) is 3.11. The van der Waals surface area contributed by atoms with Crippen molar-refractivity contribution in [3.8, 4) is 0 Å². The second-order valence-electron chi connectivity index (χ2n) is 2.18. The van der Waals surface area contributed by atoms with Crippen molar-refractivity contribution < 1.29 is 10.2 Å². The summed E-state index contributed by atoms with van der Waals surface area (Å²) in [6, 6.07) is 0. The molecule has 0 fully saturated rings. The van der Waals surface area contributed by atoms with Crippen LogP contribution in [0.1, 0.15) is 20.3 Å². The molecule has 0 radical (unpaired) electrons. The number of allylic oxidation sites excluding steroid dienone is 1. The summed E-state index contributed by atoms with van der Waals surface area (Å²) < 4.78 is 0. The molecule has 9 heavy (non-hydrogen) atoms. The van der Waals surface area contributed by atoms with Gasteiger partial charge in [0.25, 0.3) is 0 Å². The molecule has 0 aromatic carbocycles. The third kappa shape index (κ3) is 4.18. The third-order valence-electron chi connectivity index (χ3n) is 1.26. The van der Waals surface area contributed by atoms with Crippen LogP contribution in [-0.2, 0) is 0 Å². The second kappa shape index (κ2) is 4.53. The van der Waals surface area contributed by atoms with E-state index in [1.54, 1.807) is 0 Å². The number of aliphatic hydroxyl groups excluding tert-OH is 2. The molecule has 1 atom stereocenters. The molecule has 0 rings (SSSR count). The van der Waals surface area contributed by atoms with Gasteiger partial charge in [0, 0.05) is 0 Å². The summed E-state index contributed by atoms with van der Waals surface area (Å²) in [7, 11) is 0. The molecule has 0 saturated carbocycles. The van der Waals surface area contributed by atoms with Crippen molar-refractivity contribution in [2.24, 2.45) is 0 Å². The van der Waals surface area contributed by atoms with Crippen LogP contribution < -0.4 is 0 Å². The lowest BCUT2D eigenvalue weighted by molar-refractivity contribution is 0.0954. The molecule has 0 bridgehead atoms. The van der Waals surface area contributed by atoms with E-state index in [1.807, 2.05) is 19.9 Å². The van der Waals surface area contributed by atoms with E-state index >= 15 is 0 Å². The summed E-state index contributed by atoms with van der Waals surface area (Å²) in [5, 5.41) is 17.3. The molecule has 0 heterocycles. The monoisotopic (exact) mass is 130 g/mol. The van der Waals surface area contributed by atoms with Gasteiger partial charge in [-0.15, -0.1) is 0 Å². The zero-order valence-corrected chi connectivity index (χ0v) is 5.96. The first kappa shape index (κ1) is 8.66. The minimum Gasteiger partial charge on any atom is -0.394 e. The Hall–Kier alpha value is -0.340. The van der Waals surface area contributed by atoms with Crippen LogP contribution in [0.5, 0.6) is 0 Å². The molecule has 0 aromatic rings. The Morgan fingerprint density at radius 3 is 2.56 bits per heavy atom. The number of rotatable bonds is 3. The van der Waals surface area contributed by atoms with Crippen LogP contribution in [0.4, 0.5) is 0 Å². The largest absolute Gasteiger partial charge is 0.394 e. The Kier molecular flexibility index (Phi) is 4.36. The van der Waals surface area contributed by atoms with Gasteiger partial charge < -0.3 is 10.2 Å². The number of aliphatic hydroxyl groups is 2. The Morgan fingerprint density at radius 2 is 2.22 bits per heavy atom. The second-order valence-corrected chi connectivity index (χ2v) is 2.18. The van der Waals surface area contributed by atoms with E-state index in [4.69, 9.17) is 10.2 Å². The van der Waals surface area contributed by atoms with Crippen molar-refractivity contribution >= 4 is 0 Å². The first-order valence-electron chi connectivity index (χ1n) is 3.11. The van der Waals surface area contributed by atoms with Gasteiger partial charge in [0.05, 0.1) is 12.7 Å². The standard InChI is InChI=1S/C7H14O2/c1-3-6(2)4-7(9)5-8/h3,7-9H,4-5H2,1-2H3. The third-order valence-corrected chi connectivity index (χ3v) is 1.26. The maximum absolute atomic E-state index is 8.87. The topological polar surface area (TPSA) is 40.5 Å². The van der Waals surface area contributed by atoms with E-state index in [1.165, 1.54) is 0 Å². The highest BCUT2D eigenvalue weighted by atomic mass is 16.3. The Morgan fingerprint density at radius 1 is 1.67 bits per heavy atom. The summed E-state index contributed by atoms with van der Waals surface area (Å²) in [4.78, 5) is 0. The number of hydrogen-bond donors (Lipinski definition) is 2. The Balaban J connectivity index is 3.47. The fourth-order valence-electron chi connectivity index (χ4n) is 0.554. The van der Waals surface area contributed by atoms with Crippen molar-refractivity contribution in [2.45, 2.75) is 26.4 Å². The van der Waals surface area contributed by atoms with E-state index in [0.29, 0.717) is 6.42 Å². The SMILES string of the molecule is CC=C(C)CC(O)CO. The smallest absolute Gasteiger partial charge is 0.0807 e. The zero-order chi connectivity index (χ0) is 7.28. The molecule has 2 heteroatoms. The maximum atomic E-state index is 8.87. The Bertz CT molecular complexity index is 97.1. The van der Waals surface area contributed by atoms with Gasteiger partial charge >= 0.3 is 0 Å². The molecule has 0 saturated heterocycles. The van der Waals surface area contributed by atoms with E-state index in [2.05, 4.69) is 0 Å². The minimum absolute atomic E-state index is 0.148. The van der Waals surface area contributed by atoms with Gasteiger partial charge in [0.2, 0.25) is 0 Å². The Labute approximate surface area is 55.8 Å². The fourth-order valence-corrected chi connectivity index (χ4v) is 0.554. The van der Waals surface area contributed by atoms with Gasteiger partial charge in [-0.3, -0.25) is 0 Å². The summed E-state index contributed by atoms with van der Waals surface area (Å²) in [6.45, 7) is 3.70. The van der Waals surface area contributed by atoms with E-state index in [9.17, 15) is 0 Å². The molecule has 0 spiro atoms.